The highest BCUT2D eigenvalue weighted by atomic mass is 32.1. The molecule has 0 saturated carbocycles. The fourth-order valence-electron chi connectivity index (χ4n) is 4.48. The zero-order chi connectivity index (χ0) is 15.4. The van der Waals surface area contributed by atoms with Gasteiger partial charge in [-0.1, -0.05) is 17.4 Å². The number of anilines is 1. The summed E-state index contributed by atoms with van der Waals surface area (Å²) in [4.78, 5) is 7.33. The van der Waals surface area contributed by atoms with E-state index >= 15 is 0 Å². The highest BCUT2D eigenvalue weighted by molar-refractivity contribution is 7.22. The van der Waals surface area contributed by atoms with Gasteiger partial charge in [0.2, 0.25) is 0 Å². The Labute approximate surface area is 140 Å². The lowest BCUT2D eigenvalue weighted by molar-refractivity contribution is 0.0189. The van der Waals surface area contributed by atoms with Gasteiger partial charge >= 0.3 is 0 Å². The SMILES string of the molecule is Cc1ccc2nc(NC3=CCC4(CN5CCC4CC5)N3)sc2c1. The fraction of sp³-hybridized carbons (Fsp3) is 0.500. The van der Waals surface area contributed by atoms with Crippen LogP contribution in [-0.4, -0.2) is 35.1 Å². The number of rotatable bonds is 2. The lowest BCUT2D eigenvalue weighted by atomic mass is 9.72. The van der Waals surface area contributed by atoms with E-state index in [-0.39, 0.29) is 5.54 Å². The maximum Gasteiger partial charge on any atom is 0.189 e. The first-order chi connectivity index (χ1) is 11.2. The van der Waals surface area contributed by atoms with E-state index in [1.165, 1.54) is 42.7 Å². The predicted molar refractivity (Wildman–Crippen MR) is 95.7 cm³/mol. The van der Waals surface area contributed by atoms with E-state index in [1.807, 2.05) is 0 Å². The Morgan fingerprint density at radius 2 is 2.22 bits per heavy atom. The van der Waals surface area contributed by atoms with Crippen LogP contribution >= 0.6 is 11.3 Å². The van der Waals surface area contributed by atoms with Crippen LogP contribution in [-0.2, 0) is 0 Å². The molecule has 1 atom stereocenters. The number of aryl methyl sites for hydroxylation is 1. The third-order valence-corrected chi connectivity index (χ3v) is 6.65. The van der Waals surface area contributed by atoms with Gasteiger partial charge in [0.25, 0.3) is 0 Å². The molecule has 0 radical (unpaired) electrons. The second-order valence-electron chi connectivity index (χ2n) is 7.27. The van der Waals surface area contributed by atoms with Gasteiger partial charge in [-0.2, -0.15) is 0 Å². The molecule has 4 aliphatic rings. The van der Waals surface area contributed by atoms with E-state index in [2.05, 4.69) is 46.7 Å². The number of hydrogen-bond donors (Lipinski definition) is 2. The molecule has 120 valence electrons. The van der Waals surface area contributed by atoms with Gasteiger partial charge in [-0.25, -0.2) is 4.98 Å². The number of piperidine rings is 3. The van der Waals surface area contributed by atoms with Crippen LogP contribution < -0.4 is 10.6 Å². The van der Waals surface area contributed by atoms with Gasteiger partial charge in [-0.3, -0.25) is 0 Å². The number of hydrogen-bond acceptors (Lipinski definition) is 5. The third-order valence-electron chi connectivity index (χ3n) is 5.71. The van der Waals surface area contributed by atoms with Crippen molar-refractivity contribution in [3.05, 3.63) is 35.7 Å². The zero-order valence-corrected chi connectivity index (χ0v) is 14.2. The van der Waals surface area contributed by atoms with Crippen molar-refractivity contribution in [3.8, 4) is 0 Å². The number of nitrogens with one attached hydrogen (secondary N) is 2. The molecule has 4 aliphatic heterocycles. The molecule has 1 unspecified atom stereocenters. The van der Waals surface area contributed by atoms with Gasteiger partial charge in [0.05, 0.1) is 15.8 Å². The Hall–Kier alpha value is -1.59. The molecule has 1 spiro atoms. The molecule has 2 N–H and O–H groups in total. The van der Waals surface area contributed by atoms with Crippen molar-refractivity contribution in [1.29, 1.82) is 0 Å². The largest absolute Gasteiger partial charge is 0.365 e. The summed E-state index contributed by atoms with van der Waals surface area (Å²) >= 11 is 1.74. The first kappa shape index (κ1) is 13.8. The lowest BCUT2D eigenvalue weighted by Gasteiger charge is -2.52. The summed E-state index contributed by atoms with van der Waals surface area (Å²) in [5.41, 5.74) is 2.64. The molecule has 0 amide bonds. The first-order valence-electron chi connectivity index (χ1n) is 8.55. The highest BCUT2D eigenvalue weighted by Crippen LogP contribution is 2.41. The minimum absolute atomic E-state index is 0.270. The van der Waals surface area contributed by atoms with Gasteiger partial charge in [0.1, 0.15) is 5.82 Å². The van der Waals surface area contributed by atoms with Gasteiger partial charge in [0.15, 0.2) is 5.13 Å². The van der Waals surface area contributed by atoms with Crippen molar-refractivity contribution < 1.29 is 0 Å². The molecule has 1 aromatic carbocycles. The van der Waals surface area contributed by atoms with Crippen molar-refractivity contribution >= 4 is 26.7 Å². The smallest absolute Gasteiger partial charge is 0.189 e. The maximum atomic E-state index is 4.71. The summed E-state index contributed by atoms with van der Waals surface area (Å²) < 4.78 is 1.25. The van der Waals surface area contributed by atoms with Crippen LogP contribution in [0.3, 0.4) is 0 Å². The standard InChI is InChI=1S/C18H22N4S/c1-12-2-3-14-15(10-12)23-17(19-14)20-16-4-7-18(21-16)11-22-8-5-13(18)6-9-22/h2-4,10,13,21H,5-9,11H2,1H3,(H,19,20). The number of fused-ring (bicyclic) bond motifs is 3. The summed E-state index contributed by atoms with van der Waals surface area (Å²) in [7, 11) is 0. The first-order valence-corrected chi connectivity index (χ1v) is 9.37. The Kier molecular flexibility index (Phi) is 2.97. The molecule has 1 aromatic heterocycles. The Morgan fingerprint density at radius 1 is 1.35 bits per heavy atom. The van der Waals surface area contributed by atoms with Crippen molar-refractivity contribution in [1.82, 2.24) is 15.2 Å². The van der Waals surface area contributed by atoms with Crippen LogP contribution in [0.5, 0.6) is 0 Å². The fourth-order valence-corrected chi connectivity index (χ4v) is 5.46. The summed E-state index contributed by atoms with van der Waals surface area (Å²) in [5.74, 6) is 1.97. The molecular weight excluding hydrogens is 304 g/mol. The molecule has 23 heavy (non-hydrogen) atoms. The summed E-state index contributed by atoms with van der Waals surface area (Å²) in [6.45, 7) is 5.89. The topological polar surface area (TPSA) is 40.2 Å². The quantitative estimate of drug-likeness (QED) is 0.888. The van der Waals surface area contributed by atoms with Crippen LogP contribution in [0.15, 0.2) is 30.1 Å². The molecular formula is C18H22N4S. The second kappa shape index (κ2) is 4.95. The molecule has 0 aliphatic carbocycles. The molecule has 5 heterocycles. The van der Waals surface area contributed by atoms with Crippen LogP contribution in [0, 0.1) is 12.8 Å². The van der Waals surface area contributed by atoms with E-state index in [4.69, 9.17) is 4.98 Å². The van der Waals surface area contributed by atoms with E-state index in [1.54, 1.807) is 11.3 Å². The molecule has 3 saturated heterocycles. The van der Waals surface area contributed by atoms with E-state index in [0.717, 1.165) is 28.8 Å². The van der Waals surface area contributed by atoms with Crippen molar-refractivity contribution in [2.24, 2.45) is 5.92 Å². The average molecular weight is 326 g/mol. The Morgan fingerprint density at radius 3 is 3.00 bits per heavy atom. The van der Waals surface area contributed by atoms with Crippen LogP contribution in [0.25, 0.3) is 10.2 Å². The van der Waals surface area contributed by atoms with Gasteiger partial charge in [-0.15, -0.1) is 0 Å². The Bertz CT molecular complexity index is 787. The lowest BCUT2D eigenvalue weighted by Crippen LogP contribution is -2.64. The van der Waals surface area contributed by atoms with Crippen LogP contribution in [0.2, 0.25) is 0 Å². The monoisotopic (exact) mass is 326 g/mol. The molecule has 3 fully saturated rings. The van der Waals surface area contributed by atoms with E-state index in [0.29, 0.717) is 0 Å². The number of nitrogens with zero attached hydrogens (tertiary/aromatic N) is 2. The van der Waals surface area contributed by atoms with Gasteiger partial charge in [0, 0.05) is 6.54 Å². The number of benzene rings is 1. The summed E-state index contributed by atoms with van der Waals surface area (Å²) in [6.07, 6.45) is 6.16. The minimum Gasteiger partial charge on any atom is -0.365 e. The number of aromatic nitrogens is 1. The van der Waals surface area contributed by atoms with E-state index in [9.17, 15) is 0 Å². The van der Waals surface area contributed by atoms with Crippen molar-refractivity contribution in [2.75, 3.05) is 25.0 Å². The van der Waals surface area contributed by atoms with E-state index < -0.39 is 0 Å². The minimum atomic E-state index is 0.270. The number of thiazole rings is 1. The maximum absolute atomic E-state index is 4.71. The average Bonchev–Trinajstić information content (AvgIpc) is 3.12. The molecule has 2 aromatic rings. The summed E-state index contributed by atoms with van der Waals surface area (Å²) in [5, 5.41) is 8.33. The normalized spacial score (nSPS) is 32.3. The summed E-state index contributed by atoms with van der Waals surface area (Å²) in [6, 6.07) is 6.45. The van der Waals surface area contributed by atoms with Crippen molar-refractivity contribution in [2.45, 2.75) is 31.7 Å². The third kappa shape index (κ3) is 2.25. The Balaban J connectivity index is 1.35. The van der Waals surface area contributed by atoms with Gasteiger partial charge < -0.3 is 15.5 Å². The molecule has 4 nitrogen and oxygen atoms in total. The molecule has 6 rings (SSSR count). The molecule has 5 heteroatoms. The van der Waals surface area contributed by atoms with Gasteiger partial charge in [-0.05, 0) is 69.0 Å². The zero-order valence-electron chi connectivity index (χ0n) is 13.4. The molecule has 2 bridgehead atoms. The van der Waals surface area contributed by atoms with Crippen molar-refractivity contribution in [3.63, 3.8) is 0 Å². The van der Waals surface area contributed by atoms with Crippen LogP contribution in [0.4, 0.5) is 5.13 Å². The predicted octanol–water partition coefficient (Wildman–Crippen LogP) is 3.32. The van der Waals surface area contributed by atoms with Crippen LogP contribution in [0.1, 0.15) is 24.8 Å². The second-order valence-corrected chi connectivity index (χ2v) is 8.30. The highest BCUT2D eigenvalue weighted by Gasteiger charge is 2.48.